The lowest BCUT2D eigenvalue weighted by molar-refractivity contribution is 0.588. The Morgan fingerprint density at radius 3 is 1.25 bits per heavy atom. The minimum Gasteiger partial charge on any atom is -0.454 e. The van der Waals surface area contributed by atoms with Crippen LogP contribution in [0, 0.1) is 5.92 Å². The van der Waals surface area contributed by atoms with Crippen molar-refractivity contribution in [2.75, 3.05) is 9.80 Å². The summed E-state index contributed by atoms with van der Waals surface area (Å²) in [5, 5.41) is 12.8. The highest BCUT2D eigenvalue weighted by atomic mass is 16.3. The first-order chi connectivity index (χ1) is 44.8. The van der Waals surface area contributed by atoms with Crippen LogP contribution in [0.2, 0.25) is 0 Å². The van der Waals surface area contributed by atoms with Gasteiger partial charge in [0.1, 0.15) is 11.3 Å². The number of fused-ring (bicyclic) bond motifs is 16. The summed E-state index contributed by atoms with van der Waals surface area (Å²) in [6.45, 7) is 15.5. The van der Waals surface area contributed by atoms with Gasteiger partial charge in [-0.05, 0) is 102 Å². The van der Waals surface area contributed by atoms with E-state index in [0.717, 1.165) is 111 Å². The molecule has 0 aliphatic heterocycles. The Balaban J connectivity index is 0.974. The lowest BCUT2D eigenvalue weighted by Gasteiger charge is -2.26. The van der Waals surface area contributed by atoms with E-state index in [9.17, 15) is 0 Å². The van der Waals surface area contributed by atoms with E-state index in [4.69, 9.17) is 8.83 Å². The van der Waals surface area contributed by atoms with E-state index >= 15 is 0 Å². The first-order valence-electron chi connectivity index (χ1n) is 31.8. The number of rotatable bonds is 12. The number of para-hydroxylation sites is 7. The molecule has 0 saturated heterocycles. The molecule has 434 valence electrons. The van der Waals surface area contributed by atoms with Gasteiger partial charge in [-0.15, -0.1) is 0 Å². The van der Waals surface area contributed by atoms with E-state index in [1.165, 1.54) is 76.5 Å². The van der Waals surface area contributed by atoms with Gasteiger partial charge in [0.05, 0.1) is 55.8 Å². The predicted octanol–water partition coefficient (Wildman–Crippen LogP) is 24.7. The molecular weight excluding hydrogens is 1110 g/mol. The van der Waals surface area contributed by atoms with Gasteiger partial charge in [0.15, 0.2) is 11.2 Å². The molecule has 0 unspecified atom stereocenters. The van der Waals surface area contributed by atoms with E-state index in [0.29, 0.717) is 5.92 Å². The van der Waals surface area contributed by atoms with Crippen molar-refractivity contribution in [1.29, 1.82) is 0 Å². The third-order valence-corrected chi connectivity index (χ3v) is 19.3. The van der Waals surface area contributed by atoms with Crippen molar-refractivity contribution in [3.8, 4) is 22.3 Å². The Kier molecular flexibility index (Phi) is 11.6. The number of benzene rings is 12. The van der Waals surface area contributed by atoms with Crippen molar-refractivity contribution in [3.05, 3.63) is 278 Å². The van der Waals surface area contributed by atoms with Crippen molar-refractivity contribution in [2.45, 2.75) is 40.5 Å². The van der Waals surface area contributed by atoms with Crippen LogP contribution in [0.25, 0.3) is 143 Å². The Hall–Kier alpha value is -11.3. The van der Waals surface area contributed by atoms with Crippen molar-refractivity contribution in [2.24, 2.45) is 5.92 Å². The topological polar surface area (TPSA) is 41.6 Å². The normalized spacial score (nSPS) is 12.4. The molecule has 6 aromatic heterocycles. The maximum Gasteiger partial charge on any atom is 0.159 e. The highest BCUT2D eigenvalue weighted by Crippen LogP contribution is 2.57. The van der Waals surface area contributed by atoms with E-state index in [1.807, 2.05) is 0 Å². The number of allylic oxidation sites excluding steroid dienone is 2. The van der Waals surface area contributed by atoms with Crippen LogP contribution in [0.5, 0.6) is 0 Å². The van der Waals surface area contributed by atoms with Crippen LogP contribution in [0.3, 0.4) is 0 Å². The summed E-state index contributed by atoms with van der Waals surface area (Å²) in [6, 6.07) is 91.4. The molecule has 0 fully saturated rings. The highest BCUT2D eigenvalue weighted by Gasteiger charge is 2.34. The van der Waals surface area contributed by atoms with Crippen LogP contribution in [-0.4, -0.2) is 8.80 Å². The smallest absolute Gasteiger partial charge is 0.159 e. The zero-order valence-electron chi connectivity index (χ0n) is 51.3. The SMILES string of the molecule is C=C(c1oc2c(N(c3ccccc3)c3cccc4c3c3cccc5c6c(-c7ccccc7)c7c(c(-c8ccccc8)c6n4c35)c3cccc4c5c(N(c6ccccc6)c6cccc8c6oc6c(C(C)C)cccc68)cccc5n7c43)cccc2c1/C=C\C)C(C)C. The first kappa shape index (κ1) is 52.8. The fourth-order valence-corrected chi connectivity index (χ4v) is 15.5. The van der Waals surface area contributed by atoms with Crippen LogP contribution in [0.15, 0.2) is 270 Å². The van der Waals surface area contributed by atoms with Gasteiger partial charge in [0.25, 0.3) is 0 Å². The largest absolute Gasteiger partial charge is 0.454 e. The fraction of sp³-hybridized carbons (Fsp3) is 0.0824. The van der Waals surface area contributed by atoms with Crippen molar-refractivity contribution < 1.29 is 8.83 Å². The van der Waals surface area contributed by atoms with Gasteiger partial charge in [-0.3, -0.25) is 0 Å². The van der Waals surface area contributed by atoms with Gasteiger partial charge in [0, 0.05) is 87.3 Å². The zero-order chi connectivity index (χ0) is 60.9. The van der Waals surface area contributed by atoms with Crippen molar-refractivity contribution in [1.82, 2.24) is 8.80 Å². The quantitative estimate of drug-likeness (QED) is 0.122. The van der Waals surface area contributed by atoms with Gasteiger partial charge in [-0.1, -0.05) is 234 Å². The summed E-state index contributed by atoms with van der Waals surface area (Å²) in [7, 11) is 0. The summed E-state index contributed by atoms with van der Waals surface area (Å²) in [5.74, 6) is 1.32. The van der Waals surface area contributed by atoms with Crippen molar-refractivity contribution >= 4 is 155 Å². The number of nitrogens with zero attached hydrogens (tertiary/aromatic N) is 4. The van der Waals surface area contributed by atoms with E-state index < -0.39 is 0 Å². The summed E-state index contributed by atoms with van der Waals surface area (Å²) in [6.07, 6.45) is 4.26. The molecule has 18 rings (SSSR count). The molecule has 0 spiro atoms. The molecule has 6 nitrogen and oxygen atoms in total. The molecule has 18 aromatic rings. The molecule has 0 atom stereocenters. The van der Waals surface area contributed by atoms with E-state index in [2.05, 4.69) is 321 Å². The number of hydrogen-bond donors (Lipinski definition) is 0. The lowest BCUT2D eigenvalue weighted by Crippen LogP contribution is -2.10. The molecule has 0 radical (unpaired) electrons. The van der Waals surface area contributed by atoms with Crippen LogP contribution >= 0.6 is 0 Å². The molecule has 0 bridgehead atoms. The van der Waals surface area contributed by atoms with Crippen LogP contribution in [-0.2, 0) is 0 Å². The Morgan fingerprint density at radius 1 is 0.385 bits per heavy atom. The summed E-state index contributed by atoms with van der Waals surface area (Å²) >= 11 is 0. The standard InChI is InChI=1S/C85H62N4O2/c1-7-27-58-60-38-23-48-70(84(60)90-82(58)52(6)50(2)3)86(55-32-16-10-17-33-55)66-44-25-46-68-74(66)62-40-21-42-64-76-73(54-30-14-9-15-31-54)81-77(72(53-28-12-8-13-29-53)80(76)88(68)78(62)64)65-43-22-41-63-75-67(45-26-47-69(75)89(81)79(63)65)87(56-34-18-11-19-35-56)71-49-24-39-61-59-37-20-36-57(51(4)5)83(59)91-85(61)71/h7-51H,6H2,1-5H3/b27-7-. The number of anilines is 6. The van der Waals surface area contributed by atoms with Gasteiger partial charge >= 0.3 is 0 Å². The van der Waals surface area contributed by atoms with Gasteiger partial charge in [0.2, 0.25) is 0 Å². The average Bonchev–Trinajstić information content (AvgIpc) is 1.50. The zero-order valence-corrected chi connectivity index (χ0v) is 51.3. The molecule has 0 saturated carbocycles. The molecule has 0 N–H and O–H groups in total. The van der Waals surface area contributed by atoms with Gasteiger partial charge in [-0.2, -0.15) is 0 Å². The maximum atomic E-state index is 7.15. The van der Waals surface area contributed by atoms with Crippen LogP contribution in [0.1, 0.15) is 57.4 Å². The summed E-state index contributed by atoms with van der Waals surface area (Å²) in [4.78, 5) is 4.84. The first-order valence-corrected chi connectivity index (χ1v) is 31.8. The molecule has 12 aromatic carbocycles. The number of furan rings is 2. The predicted molar refractivity (Wildman–Crippen MR) is 386 cm³/mol. The average molecular weight is 1170 g/mol. The Labute approximate surface area is 526 Å². The number of hydrogen-bond acceptors (Lipinski definition) is 4. The second-order valence-electron chi connectivity index (χ2n) is 25.0. The van der Waals surface area contributed by atoms with Gasteiger partial charge in [-0.25, -0.2) is 0 Å². The Bertz CT molecular complexity index is 5980. The minimum absolute atomic E-state index is 0.195. The Morgan fingerprint density at radius 2 is 0.780 bits per heavy atom. The molecule has 0 aliphatic carbocycles. The molecule has 91 heavy (non-hydrogen) atoms. The summed E-state index contributed by atoms with van der Waals surface area (Å²) < 4.78 is 19.5. The maximum absolute atomic E-state index is 7.15. The molecule has 6 heterocycles. The third-order valence-electron chi connectivity index (χ3n) is 19.3. The molecule has 0 aliphatic rings. The monoisotopic (exact) mass is 1170 g/mol. The summed E-state index contributed by atoms with van der Waals surface area (Å²) in [5.41, 5.74) is 23.7. The fourth-order valence-electron chi connectivity index (χ4n) is 15.5. The molecule has 0 amide bonds. The highest BCUT2D eigenvalue weighted by molar-refractivity contribution is 6.39. The second-order valence-corrected chi connectivity index (χ2v) is 25.0. The van der Waals surface area contributed by atoms with E-state index in [1.54, 1.807) is 0 Å². The molecular formula is C85H62N4O2. The van der Waals surface area contributed by atoms with E-state index in [-0.39, 0.29) is 5.92 Å². The van der Waals surface area contributed by atoms with Crippen LogP contribution in [0.4, 0.5) is 34.1 Å². The van der Waals surface area contributed by atoms with Gasteiger partial charge < -0.3 is 27.4 Å². The second kappa shape index (κ2) is 20.1. The third kappa shape index (κ3) is 7.42. The van der Waals surface area contributed by atoms with Crippen LogP contribution < -0.4 is 9.80 Å². The van der Waals surface area contributed by atoms with Crippen molar-refractivity contribution in [3.63, 3.8) is 0 Å². The minimum atomic E-state index is 0.195. The molecule has 6 heteroatoms. The lowest BCUT2D eigenvalue weighted by atomic mass is 9.89. The number of aromatic nitrogens is 2.